The van der Waals surface area contributed by atoms with Crippen LogP contribution >= 0.6 is 22.9 Å². The van der Waals surface area contributed by atoms with Crippen LogP contribution in [0.3, 0.4) is 0 Å². The molecule has 0 atom stereocenters. The highest BCUT2D eigenvalue weighted by atomic mass is 35.5. The summed E-state index contributed by atoms with van der Waals surface area (Å²) >= 11 is 7.13. The number of carbonyl (C=O) groups is 1. The van der Waals surface area contributed by atoms with Crippen molar-refractivity contribution >= 4 is 44.6 Å². The van der Waals surface area contributed by atoms with E-state index in [0.29, 0.717) is 27.0 Å². The van der Waals surface area contributed by atoms with E-state index in [1.165, 1.54) is 11.3 Å². The van der Waals surface area contributed by atoms with Crippen molar-refractivity contribution in [1.82, 2.24) is 4.98 Å². The minimum absolute atomic E-state index is 0.226. The smallest absolute Gasteiger partial charge is 0.275 e. The van der Waals surface area contributed by atoms with Crippen LogP contribution in [0.4, 0.5) is 5.69 Å². The molecule has 10 heteroatoms. The van der Waals surface area contributed by atoms with Crippen LogP contribution in [0, 0.1) is 0 Å². The molecule has 146 valence electrons. The number of hydrogen-bond donors (Lipinski definition) is 2. The first-order chi connectivity index (χ1) is 13.3. The van der Waals surface area contributed by atoms with Crippen molar-refractivity contribution in [2.75, 3.05) is 5.32 Å². The zero-order valence-corrected chi connectivity index (χ0v) is 16.9. The second kappa shape index (κ2) is 8.70. The van der Waals surface area contributed by atoms with Gasteiger partial charge in [-0.15, -0.1) is 11.3 Å². The van der Waals surface area contributed by atoms with E-state index in [1.807, 2.05) is 0 Å². The van der Waals surface area contributed by atoms with Crippen molar-refractivity contribution in [1.29, 1.82) is 0 Å². The average Bonchev–Trinajstić information content (AvgIpc) is 3.09. The molecule has 1 aromatic heterocycles. The molecular weight excluding hydrogens is 422 g/mol. The number of amides is 1. The minimum Gasteiger partial charge on any atom is -0.486 e. The molecule has 7 nitrogen and oxygen atoms in total. The Balaban J connectivity index is 1.61. The third-order valence-corrected chi connectivity index (χ3v) is 5.32. The number of ether oxygens (including phenoxy) is 1. The van der Waals surface area contributed by atoms with Crippen molar-refractivity contribution < 1.29 is 17.9 Å². The normalized spacial score (nSPS) is 11.2. The van der Waals surface area contributed by atoms with Gasteiger partial charge >= 0.3 is 0 Å². The number of primary sulfonamides is 1. The molecule has 0 fully saturated rings. The predicted octanol–water partition coefficient (Wildman–Crippen LogP) is 3.42. The summed E-state index contributed by atoms with van der Waals surface area (Å²) in [5.41, 5.74) is 1.19. The molecule has 3 aromatic rings. The van der Waals surface area contributed by atoms with Gasteiger partial charge in [-0.2, -0.15) is 0 Å². The fraction of sp³-hybridized carbons (Fsp3) is 0.111. The summed E-state index contributed by atoms with van der Waals surface area (Å²) in [6.45, 7) is 0.226. The molecule has 0 spiro atoms. The van der Waals surface area contributed by atoms with Gasteiger partial charge < -0.3 is 10.1 Å². The monoisotopic (exact) mass is 437 g/mol. The lowest BCUT2D eigenvalue weighted by atomic mass is 10.2. The van der Waals surface area contributed by atoms with Crippen molar-refractivity contribution in [3.05, 3.63) is 75.2 Å². The first-order valence-corrected chi connectivity index (χ1v) is 11.0. The van der Waals surface area contributed by atoms with Gasteiger partial charge in [-0.1, -0.05) is 23.7 Å². The number of thiazole rings is 1. The highest BCUT2D eigenvalue weighted by Crippen LogP contribution is 2.19. The van der Waals surface area contributed by atoms with Crippen LogP contribution < -0.4 is 15.2 Å². The quantitative estimate of drug-likeness (QED) is 0.588. The van der Waals surface area contributed by atoms with Gasteiger partial charge in [0.15, 0.2) is 0 Å². The largest absolute Gasteiger partial charge is 0.486 e. The van der Waals surface area contributed by atoms with Crippen LogP contribution in [0.25, 0.3) is 0 Å². The maximum atomic E-state index is 12.4. The lowest BCUT2D eigenvalue weighted by molar-refractivity contribution is 0.102. The molecule has 2 aromatic carbocycles. The van der Waals surface area contributed by atoms with Crippen molar-refractivity contribution in [3.63, 3.8) is 0 Å². The van der Waals surface area contributed by atoms with Crippen LogP contribution in [-0.2, 0) is 22.4 Å². The standard InChI is InChI=1S/C18H16ClN3O4S2/c19-13-4-6-15(7-5-13)26-9-17-22-16(10-27-17)18(23)21-14-3-1-2-12(8-14)11-28(20,24)25/h1-8,10H,9,11H2,(H,21,23)(H2,20,24,25). The Morgan fingerprint density at radius 2 is 1.96 bits per heavy atom. The van der Waals surface area contributed by atoms with E-state index in [9.17, 15) is 13.2 Å². The first-order valence-electron chi connectivity index (χ1n) is 8.02. The molecule has 28 heavy (non-hydrogen) atoms. The fourth-order valence-electron chi connectivity index (χ4n) is 2.32. The fourth-order valence-corrected chi connectivity index (χ4v) is 3.78. The molecule has 0 saturated heterocycles. The lowest BCUT2D eigenvalue weighted by Crippen LogP contribution is -2.15. The lowest BCUT2D eigenvalue weighted by Gasteiger charge is -2.06. The Bertz CT molecular complexity index is 1080. The SMILES string of the molecule is NS(=O)(=O)Cc1cccc(NC(=O)c2csc(COc3ccc(Cl)cc3)n2)c1. The Hall–Kier alpha value is -2.46. The summed E-state index contributed by atoms with van der Waals surface area (Å²) < 4.78 is 28.0. The van der Waals surface area contributed by atoms with E-state index in [2.05, 4.69) is 10.3 Å². The summed E-state index contributed by atoms with van der Waals surface area (Å²) in [5, 5.41) is 10.6. The number of nitrogens with two attached hydrogens (primary N) is 1. The molecule has 1 amide bonds. The van der Waals surface area contributed by atoms with Crippen LogP contribution in [0.2, 0.25) is 5.02 Å². The number of hydrogen-bond acceptors (Lipinski definition) is 6. The van der Waals surface area contributed by atoms with E-state index < -0.39 is 15.9 Å². The third-order valence-electron chi connectivity index (χ3n) is 3.51. The summed E-state index contributed by atoms with van der Waals surface area (Å²) in [6, 6.07) is 13.4. The number of aromatic nitrogens is 1. The molecule has 0 aliphatic carbocycles. The summed E-state index contributed by atoms with van der Waals surface area (Å²) in [4.78, 5) is 16.6. The zero-order valence-electron chi connectivity index (χ0n) is 14.5. The van der Waals surface area contributed by atoms with Crippen molar-refractivity contribution in [3.8, 4) is 5.75 Å². The van der Waals surface area contributed by atoms with Gasteiger partial charge in [-0.25, -0.2) is 18.5 Å². The Labute approximate surface area is 171 Å². The summed E-state index contributed by atoms with van der Waals surface area (Å²) in [6.07, 6.45) is 0. The molecule has 1 heterocycles. The molecule has 3 N–H and O–H groups in total. The number of benzene rings is 2. The number of sulfonamides is 1. The number of nitrogens with one attached hydrogen (secondary N) is 1. The maximum absolute atomic E-state index is 12.4. The highest BCUT2D eigenvalue weighted by molar-refractivity contribution is 7.88. The number of halogens is 1. The van der Waals surface area contributed by atoms with Crippen LogP contribution in [-0.4, -0.2) is 19.3 Å². The molecule has 0 saturated carbocycles. The van der Waals surface area contributed by atoms with Crippen LogP contribution in [0.5, 0.6) is 5.75 Å². The van der Waals surface area contributed by atoms with Gasteiger partial charge in [0.2, 0.25) is 10.0 Å². The molecule has 3 rings (SSSR count). The molecule has 0 unspecified atom stereocenters. The van der Waals surface area contributed by atoms with Gasteiger partial charge in [-0.05, 0) is 42.0 Å². The van der Waals surface area contributed by atoms with Gasteiger partial charge in [0.05, 0.1) is 5.75 Å². The van der Waals surface area contributed by atoms with Gasteiger partial charge in [0.1, 0.15) is 23.1 Å². The molecule has 0 aliphatic rings. The first kappa shape index (κ1) is 20.3. The zero-order chi connectivity index (χ0) is 20.1. The van der Waals surface area contributed by atoms with Crippen molar-refractivity contribution in [2.24, 2.45) is 5.14 Å². The molecule has 0 radical (unpaired) electrons. The topological polar surface area (TPSA) is 111 Å². The Kier molecular flexibility index (Phi) is 6.30. The number of anilines is 1. The van der Waals surface area contributed by atoms with E-state index in [-0.39, 0.29) is 18.1 Å². The average molecular weight is 438 g/mol. The third kappa shape index (κ3) is 6.03. The van der Waals surface area contributed by atoms with E-state index in [4.69, 9.17) is 21.5 Å². The number of nitrogens with zero attached hydrogens (tertiary/aromatic N) is 1. The van der Waals surface area contributed by atoms with Crippen LogP contribution in [0.1, 0.15) is 21.1 Å². The maximum Gasteiger partial charge on any atom is 0.275 e. The van der Waals surface area contributed by atoms with Gasteiger partial charge in [0.25, 0.3) is 5.91 Å². The summed E-state index contributed by atoms with van der Waals surface area (Å²) in [5.74, 6) is -0.0569. The number of carbonyl (C=O) groups excluding carboxylic acids is 1. The van der Waals surface area contributed by atoms with E-state index in [1.54, 1.807) is 53.9 Å². The molecular formula is C18H16ClN3O4S2. The number of rotatable bonds is 7. The highest BCUT2D eigenvalue weighted by Gasteiger charge is 2.13. The predicted molar refractivity (Wildman–Crippen MR) is 109 cm³/mol. The Morgan fingerprint density at radius 1 is 1.21 bits per heavy atom. The van der Waals surface area contributed by atoms with Crippen LogP contribution in [0.15, 0.2) is 53.9 Å². The van der Waals surface area contributed by atoms with Gasteiger partial charge in [0, 0.05) is 16.1 Å². The van der Waals surface area contributed by atoms with Crippen molar-refractivity contribution in [2.45, 2.75) is 12.4 Å². The molecule has 0 bridgehead atoms. The minimum atomic E-state index is -3.65. The molecule has 0 aliphatic heterocycles. The Morgan fingerprint density at radius 3 is 2.68 bits per heavy atom. The second-order valence-corrected chi connectivity index (χ2v) is 8.82. The van der Waals surface area contributed by atoms with E-state index >= 15 is 0 Å². The second-order valence-electron chi connectivity index (χ2n) is 5.83. The van der Waals surface area contributed by atoms with E-state index in [0.717, 1.165) is 0 Å². The van der Waals surface area contributed by atoms with Gasteiger partial charge in [-0.3, -0.25) is 4.79 Å². The summed E-state index contributed by atoms with van der Waals surface area (Å²) in [7, 11) is -3.65.